The normalized spacial score (nSPS) is 16.1. The van der Waals surface area contributed by atoms with Crippen LogP contribution in [0.15, 0.2) is 18.2 Å². The van der Waals surface area contributed by atoms with E-state index in [1.54, 1.807) is 0 Å². The van der Waals surface area contributed by atoms with Gasteiger partial charge < -0.3 is 0 Å². The summed E-state index contributed by atoms with van der Waals surface area (Å²) < 4.78 is 0. The molecule has 1 aromatic rings. The second-order valence-corrected chi connectivity index (χ2v) is 4.56. The van der Waals surface area contributed by atoms with Crippen molar-refractivity contribution in [3.63, 3.8) is 0 Å². The Hall–Kier alpha value is -0.820. The minimum absolute atomic E-state index is 0.274. The Balaban J connectivity index is 2.24. The SMILES string of the molecule is CCc1cc(C(=O)C2CCC2)ccc1Cl. The van der Waals surface area contributed by atoms with E-state index in [9.17, 15) is 4.79 Å². The molecule has 2 heteroatoms. The molecule has 1 saturated carbocycles. The fourth-order valence-electron chi connectivity index (χ4n) is 1.91. The Labute approximate surface area is 95.4 Å². The topological polar surface area (TPSA) is 17.1 Å². The highest BCUT2D eigenvalue weighted by atomic mass is 35.5. The molecule has 0 saturated heterocycles. The van der Waals surface area contributed by atoms with E-state index in [1.165, 1.54) is 6.42 Å². The maximum Gasteiger partial charge on any atom is 0.165 e. The molecule has 0 spiro atoms. The molecule has 80 valence electrons. The third kappa shape index (κ3) is 2.07. The molecule has 0 bridgehead atoms. The number of aryl methyl sites for hydroxylation is 1. The van der Waals surface area contributed by atoms with E-state index in [2.05, 4.69) is 6.92 Å². The minimum atomic E-state index is 0.274. The largest absolute Gasteiger partial charge is 0.294 e. The summed E-state index contributed by atoms with van der Waals surface area (Å²) in [5.41, 5.74) is 1.91. The quantitative estimate of drug-likeness (QED) is 0.710. The molecular formula is C13H15ClO. The molecule has 0 aliphatic heterocycles. The zero-order valence-electron chi connectivity index (χ0n) is 8.92. The first-order valence-corrected chi connectivity index (χ1v) is 5.92. The lowest BCUT2D eigenvalue weighted by Gasteiger charge is -2.24. The van der Waals surface area contributed by atoms with Crippen LogP contribution in [0.25, 0.3) is 0 Å². The summed E-state index contributed by atoms with van der Waals surface area (Å²) >= 11 is 6.02. The number of benzene rings is 1. The number of carbonyl (C=O) groups excluding carboxylic acids is 1. The first-order chi connectivity index (χ1) is 7.22. The van der Waals surface area contributed by atoms with Crippen molar-refractivity contribution in [1.29, 1.82) is 0 Å². The van der Waals surface area contributed by atoms with Crippen molar-refractivity contribution in [1.82, 2.24) is 0 Å². The van der Waals surface area contributed by atoms with Crippen molar-refractivity contribution in [2.45, 2.75) is 32.6 Å². The first kappa shape index (κ1) is 10.7. The highest BCUT2D eigenvalue weighted by Gasteiger charge is 2.26. The molecule has 1 nitrogen and oxygen atoms in total. The molecule has 0 amide bonds. The van der Waals surface area contributed by atoms with E-state index in [0.717, 1.165) is 35.4 Å². The second kappa shape index (κ2) is 4.36. The van der Waals surface area contributed by atoms with Crippen molar-refractivity contribution in [3.8, 4) is 0 Å². The van der Waals surface area contributed by atoms with Gasteiger partial charge in [-0.15, -0.1) is 0 Å². The molecule has 0 aromatic heterocycles. The monoisotopic (exact) mass is 222 g/mol. The summed E-state index contributed by atoms with van der Waals surface area (Å²) in [4.78, 5) is 12.0. The van der Waals surface area contributed by atoms with Crippen molar-refractivity contribution >= 4 is 17.4 Å². The average molecular weight is 223 g/mol. The van der Waals surface area contributed by atoms with E-state index in [0.29, 0.717) is 5.78 Å². The summed E-state index contributed by atoms with van der Waals surface area (Å²) in [6.45, 7) is 2.05. The van der Waals surface area contributed by atoms with E-state index in [4.69, 9.17) is 11.6 Å². The van der Waals surface area contributed by atoms with Gasteiger partial charge >= 0.3 is 0 Å². The molecule has 0 unspecified atom stereocenters. The zero-order valence-corrected chi connectivity index (χ0v) is 9.68. The lowest BCUT2D eigenvalue weighted by molar-refractivity contribution is 0.0855. The molecule has 1 aliphatic rings. The molecule has 1 aromatic carbocycles. The van der Waals surface area contributed by atoms with Crippen LogP contribution in [0.2, 0.25) is 5.02 Å². The number of carbonyl (C=O) groups is 1. The Morgan fingerprint density at radius 3 is 2.73 bits per heavy atom. The third-order valence-electron chi connectivity index (χ3n) is 3.19. The first-order valence-electron chi connectivity index (χ1n) is 5.55. The van der Waals surface area contributed by atoms with Crippen molar-refractivity contribution in [2.75, 3.05) is 0 Å². The molecular weight excluding hydrogens is 208 g/mol. The van der Waals surface area contributed by atoms with Crippen LogP contribution in [0.4, 0.5) is 0 Å². The number of rotatable bonds is 3. The lowest BCUT2D eigenvalue weighted by Crippen LogP contribution is -2.22. The van der Waals surface area contributed by atoms with Gasteiger partial charge in [-0.2, -0.15) is 0 Å². The molecule has 1 fully saturated rings. The van der Waals surface area contributed by atoms with Crippen LogP contribution in [0.5, 0.6) is 0 Å². The van der Waals surface area contributed by atoms with Gasteiger partial charge in [0.2, 0.25) is 0 Å². The van der Waals surface area contributed by atoms with Crippen LogP contribution in [0.1, 0.15) is 42.1 Å². The van der Waals surface area contributed by atoms with E-state index in [1.807, 2.05) is 18.2 Å². The molecule has 0 atom stereocenters. The number of hydrogen-bond donors (Lipinski definition) is 0. The van der Waals surface area contributed by atoms with Crippen LogP contribution >= 0.6 is 11.6 Å². The van der Waals surface area contributed by atoms with Gasteiger partial charge in [-0.3, -0.25) is 4.79 Å². The fraction of sp³-hybridized carbons (Fsp3) is 0.462. The van der Waals surface area contributed by atoms with Crippen LogP contribution in [0.3, 0.4) is 0 Å². The van der Waals surface area contributed by atoms with E-state index < -0.39 is 0 Å². The summed E-state index contributed by atoms with van der Waals surface area (Å²) in [7, 11) is 0. The molecule has 15 heavy (non-hydrogen) atoms. The van der Waals surface area contributed by atoms with Crippen LogP contribution in [-0.2, 0) is 6.42 Å². The Morgan fingerprint density at radius 1 is 1.47 bits per heavy atom. The van der Waals surface area contributed by atoms with Gasteiger partial charge in [0.05, 0.1) is 0 Å². The lowest BCUT2D eigenvalue weighted by atomic mass is 9.80. The van der Waals surface area contributed by atoms with Crippen LogP contribution in [-0.4, -0.2) is 5.78 Å². The highest BCUT2D eigenvalue weighted by Crippen LogP contribution is 2.30. The Morgan fingerprint density at radius 2 is 2.20 bits per heavy atom. The maximum atomic E-state index is 12.0. The summed E-state index contributed by atoms with van der Waals surface area (Å²) in [5.74, 6) is 0.573. The van der Waals surface area contributed by atoms with Gasteiger partial charge in [0.15, 0.2) is 5.78 Å². The van der Waals surface area contributed by atoms with E-state index in [-0.39, 0.29) is 5.92 Å². The molecule has 0 radical (unpaired) electrons. The molecule has 2 rings (SSSR count). The molecule has 1 aliphatic carbocycles. The number of hydrogen-bond acceptors (Lipinski definition) is 1. The number of ketones is 1. The summed E-state index contributed by atoms with van der Waals surface area (Å²) in [6.07, 6.45) is 4.20. The third-order valence-corrected chi connectivity index (χ3v) is 3.56. The van der Waals surface area contributed by atoms with Crippen LogP contribution in [0, 0.1) is 5.92 Å². The van der Waals surface area contributed by atoms with Crippen molar-refractivity contribution in [3.05, 3.63) is 34.3 Å². The zero-order chi connectivity index (χ0) is 10.8. The smallest absolute Gasteiger partial charge is 0.165 e. The molecule has 0 N–H and O–H groups in total. The van der Waals surface area contributed by atoms with E-state index >= 15 is 0 Å². The molecule has 0 heterocycles. The van der Waals surface area contributed by atoms with Crippen molar-refractivity contribution < 1.29 is 4.79 Å². The Bertz CT molecular complexity index is 380. The van der Waals surface area contributed by atoms with Crippen LogP contribution < -0.4 is 0 Å². The van der Waals surface area contributed by atoms with Gasteiger partial charge in [0.25, 0.3) is 0 Å². The van der Waals surface area contributed by atoms with Gasteiger partial charge in [0.1, 0.15) is 0 Å². The number of Topliss-reactive ketones (excluding diaryl/α,β-unsaturated/α-hetero) is 1. The van der Waals surface area contributed by atoms with Gasteiger partial charge in [-0.1, -0.05) is 24.9 Å². The average Bonchev–Trinajstić information content (AvgIpc) is 2.15. The van der Waals surface area contributed by atoms with Gasteiger partial charge in [0, 0.05) is 16.5 Å². The predicted molar refractivity (Wildman–Crippen MR) is 62.5 cm³/mol. The maximum absolute atomic E-state index is 12.0. The number of halogens is 1. The van der Waals surface area contributed by atoms with Gasteiger partial charge in [-0.25, -0.2) is 0 Å². The summed E-state index contributed by atoms with van der Waals surface area (Å²) in [5, 5.41) is 0.766. The van der Waals surface area contributed by atoms with Gasteiger partial charge in [-0.05, 0) is 43.0 Å². The predicted octanol–water partition coefficient (Wildman–Crippen LogP) is 3.89. The Kier molecular flexibility index (Phi) is 3.11. The fourth-order valence-corrected chi connectivity index (χ4v) is 2.16. The standard InChI is InChI=1S/C13H15ClO/c1-2-9-8-11(6-7-12(9)14)13(15)10-4-3-5-10/h6-8,10H,2-5H2,1H3. The summed E-state index contributed by atoms with van der Waals surface area (Å²) in [6, 6.07) is 5.64. The van der Waals surface area contributed by atoms with Crippen molar-refractivity contribution in [2.24, 2.45) is 5.92 Å². The minimum Gasteiger partial charge on any atom is -0.294 e. The second-order valence-electron chi connectivity index (χ2n) is 4.15. The highest BCUT2D eigenvalue weighted by molar-refractivity contribution is 6.31.